The van der Waals surface area contributed by atoms with Gasteiger partial charge in [0.05, 0.1) is 16.8 Å². The second kappa shape index (κ2) is 7.00. The fraction of sp³-hybridized carbons (Fsp3) is 0.533. The largest absolute Gasteiger partial charge is 0.338 e. The third kappa shape index (κ3) is 4.23. The van der Waals surface area contributed by atoms with E-state index in [0.29, 0.717) is 13.0 Å². The smallest absolute Gasteiger partial charge is 0.236 e. The number of rotatable bonds is 5. The molecule has 1 aromatic carbocycles. The number of halogens is 1. The van der Waals surface area contributed by atoms with E-state index in [9.17, 15) is 17.6 Å². The molecule has 0 spiro atoms. The zero-order valence-corrected chi connectivity index (χ0v) is 14.3. The molecule has 0 radical (unpaired) electrons. The highest BCUT2D eigenvalue weighted by Gasteiger charge is 2.35. The second-order valence-corrected chi connectivity index (χ2v) is 9.04. The van der Waals surface area contributed by atoms with E-state index in [1.54, 1.807) is 24.0 Å². The van der Waals surface area contributed by atoms with Gasteiger partial charge in [-0.15, -0.1) is 11.8 Å². The van der Waals surface area contributed by atoms with E-state index in [1.165, 1.54) is 23.9 Å². The lowest BCUT2D eigenvalue weighted by molar-refractivity contribution is -0.131. The topological polar surface area (TPSA) is 54.5 Å². The van der Waals surface area contributed by atoms with Gasteiger partial charge in [-0.25, -0.2) is 12.8 Å². The molecule has 1 aliphatic heterocycles. The van der Waals surface area contributed by atoms with E-state index >= 15 is 0 Å². The number of carbonyl (C=O) groups excluding carboxylic acids is 1. The minimum absolute atomic E-state index is 0.0561. The van der Waals surface area contributed by atoms with Crippen LogP contribution in [0.3, 0.4) is 0 Å². The number of amides is 1. The summed E-state index contributed by atoms with van der Waals surface area (Å²) in [4.78, 5) is 15.1. The van der Waals surface area contributed by atoms with Crippen molar-refractivity contribution >= 4 is 27.5 Å². The number of sulfone groups is 1. The van der Waals surface area contributed by atoms with Gasteiger partial charge in [0.2, 0.25) is 5.91 Å². The maximum Gasteiger partial charge on any atom is 0.236 e. The molecule has 2 atom stereocenters. The van der Waals surface area contributed by atoms with Gasteiger partial charge in [-0.3, -0.25) is 4.79 Å². The minimum atomic E-state index is -3.02. The Morgan fingerprint density at radius 3 is 2.55 bits per heavy atom. The first-order valence-electron chi connectivity index (χ1n) is 7.25. The Labute approximate surface area is 135 Å². The maximum absolute atomic E-state index is 12.9. The van der Waals surface area contributed by atoms with Gasteiger partial charge in [-0.2, -0.15) is 0 Å². The lowest BCUT2D eigenvalue weighted by Crippen LogP contribution is -2.44. The van der Waals surface area contributed by atoms with Gasteiger partial charge in [-0.05, 0) is 44.5 Å². The molecule has 7 heteroatoms. The SMILES string of the molecule is CCN(C(=O)C(C)Sc1ccc(F)cc1)C1CCS(=O)(=O)C1. The average molecular weight is 345 g/mol. The normalized spacial score (nSPS) is 21.5. The van der Waals surface area contributed by atoms with E-state index in [1.807, 2.05) is 6.92 Å². The van der Waals surface area contributed by atoms with Crippen molar-refractivity contribution in [2.24, 2.45) is 0 Å². The molecular formula is C15H20FNO3S2. The number of hydrogen-bond donors (Lipinski definition) is 0. The Kier molecular flexibility index (Phi) is 5.50. The molecule has 0 saturated carbocycles. The number of hydrogen-bond acceptors (Lipinski definition) is 4. The third-order valence-corrected chi connectivity index (χ3v) is 6.60. The number of thioether (sulfide) groups is 1. The summed E-state index contributed by atoms with van der Waals surface area (Å²) in [5.41, 5.74) is 0. The monoisotopic (exact) mass is 345 g/mol. The molecule has 1 fully saturated rings. The van der Waals surface area contributed by atoms with Crippen LogP contribution in [0.1, 0.15) is 20.3 Å². The summed E-state index contributed by atoms with van der Waals surface area (Å²) < 4.78 is 36.1. The Morgan fingerprint density at radius 2 is 2.05 bits per heavy atom. The number of carbonyl (C=O) groups is 1. The zero-order valence-electron chi connectivity index (χ0n) is 12.7. The molecule has 1 saturated heterocycles. The molecule has 0 bridgehead atoms. The quantitative estimate of drug-likeness (QED) is 0.769. The van der Waals surface area contributed by atoms with Crippen molar-refractivity contribution in [3.8, 4) is 0 Å². The van der Waals surface area contributed by atoms with Crippen LogP contribution >= 0.6 is 11.8 Å². The van der Waals surface area contributed by atoms with Gasteiger partial charge >= 0.3 is 0 Å². The van der Waals surface area contributed by atoms with E-state index in [-0.39, 0.29) is 34.5 Å². The van der Waals surface area contributed by atoms with Crippen LogP contribution < -0.4 is 0 Å². The molecule has 1 amide bonds. The van der Waals surface area contributed by atoms with Crippen molar-refractivity contribution in [1.29, 1.82) is 0 Å². The number of benzene rings is 1. The van der Waals surface area contributed by atoms with Crippen molar-refractivity contribution in [3.05, 3.63) is 30.1 Å². The number of nitrogens with zero attached hydrogens (tertiary/aromatic N) is 1. The van der Waals surface area contributed by atoms with Crippen molar-refractivity contribution in [1.82, 2.24) is 4.90 Å². The minimum Gasteiger partial charge on any atom is -0.338 e. The molecule has 0 aliphatic carbocycles. The Morgan fingerprint density at radius 1 is 1.41 bits per heavy atom. The van der Waals surface area contributed by atoms with Crippen molar-refractivity contribution < 1.29 is 17.6 Å². The van der Waals surface area contributed by atoms with Crippen LogP contribution in [0.15, 0.2) is 29.2 Å². The lowest BCUT2D eigenvalue weighted by Gasteiger charge is -2.29. The van der Waals surface area contributed by atoms with Crippen LogP contribution in [-0.2, 0) is 14.6 Å². The molecule has 0 N–H and O–H groups in total. The zero-order chi connectivity index (χ0) is 16.3. The average Bonchev–Trinajstić information content (AvgIpc) is 2.82. The van der Waals surface area contributed by atoms with Gasteiger partial charge in [0.25, 0.3) is 0 Å². The summed E-state index contributed by atoms with van der Waals surface area (Å²) in [5.74, 6) is -0.171. The highest BCUT2D eigenvalue weighted by atomic mass is 32.2. The molecule has 2 rings (SSSR count). The van der Waals surface area contributed by atoms with Crippen LogP contribution in [0.4, 0.5) is 4.39 Å². The van der Waals surface area contributed by atoms with Gasteiger partial charge in [0, 0.05) is 17.5 Å². The second-order valence-electron chi connectivity index (χ2n) is 5.40. The van der Waals surface area contributed by atoms with E-state index in [2.05, 4.69) is 0 Å². The Bertz CT molecular complexity index is 631. The van der Waals surface area contributed by atoms with E-state index in [4.69, 9.17) is 0 Å². The van der Waals surface area contributed by atoms with Gasteiger partial charge in [-0.1, -0.05) is 0 Å². The predicted octanol–water partition coefficient (Wildman–Crippen LogP) is 2.34. The summed E-state index contributed by atoms with van der Waals surface area (Å²) in [6.07, 6.45) is 0.510. The molecule has 2 unspecified atom stereocenters. The first-order valence-corrected chi connectivity index (χ1v) is 9.95. The first-order chi connectivity index (χ1) is 10.3. The summed E-state index contributed by atoms with van der Waals surface area (Å²) in [5, 5.41) is -0.339. The molecule has 1 heterocycles. The van der Waals surface area contributed by atoms with Crippen LogP contribution in [0.25, 0.3) is 0 Å². The van der Waals surface area contributed by atoms with Crippen LogP contribution in [0.2, 0.25) is 0 Å². The fourth-order valence-electron chi connectivity index (χ4n) is 2.62. The summed E-state index contributed by atoms with van der Waals surface area (Å²) in [6, 6.07) is 5.78. The van der Waals surface area contributed by atoms with E-state index < -0.39 is 9.84 Å². The first kappa shape index (κ1) is 17.3. The van der Waals surface area contributed by atoms with Crippen LogP contribution in [0, 0.1) is 5.82 Å². The van der Waals surface area contributed by atoms with Gasteiger partial charge in [0.15, 0.2) is 9.84 Å². The van der Waals surface area contributed by atoms with Gasteiger partial charge in [0.1, 0.15) is 5.82 Å². The fourth-order valence-corrected chi connectivity index (χ4v) is 5.28. The van der Waals surface area contributed by atoms with Crippen LogP contribution in [0.5, 0.6) is 0 Å². The molecule has 1 aromatic rings. The predicted molar refractivity (Wildman–Crippen MR) is 86.2 cm³/mol. The molecule has 4 nitrogen and oxygen atoms in total. The Balaban J connectivity index is 2.03. The standard InChI is InChI=1S/C15H20FNO3S2/c1-3-17(13-8-9-22(19,20)10-13)15(18)11(2)21-14-6-4-12(16)5-7-14/h4-7,11,13H,3,8-10H2,1-2H3. The maximum atomic E-state index is 12.9. The molecule has 22 heavy (non-hydrogen) atoms. The van der Waals surface area contributed by atoms with Crippen molar-refractivity contribution in [2.45, 2.75) is 36.5 Å². The Hall–Kier alpha value is -1.08. The summed E-state index contributed by atoms with van der Waals surface area (Å²) in [6.45, 7) is 4.15. The third-order valence-electron chi connectivity index (χ3n) is 3.75. The van der Waals surface area contributed by atoms with E-state index in [0.717, 1.165) is 4.90 Å². The van der Waals surface area contributed by atoms with Crippen LogP contribution in [-0.4, -0.2) is 48.6 Å². The molecular weight excluding hydrogens is 325 g/mol. The molecule has 1 aliphatic rings. The lowest BCUT2D eigenvalue weighted by atomic mass is 10.2. The molecule has 0 aromatic heterocycles. The van der Waals surface area contributed by atoms with Crippen molar-refractivity contribution in [2.75, 3.05) is 18.1 Å². The molecule has 122 valence electrons. The summed E-state index contributed by atoms with van der Waals surface area (Å²) in [7, 11) is -3.02. The van der Waals surface area contributed by atoms with Crippen molar-refractivity contribution in [3.63, 3.8) is 0 Å². The summed E-state index contributed by atoms with van der Waals surface area (Å²) >= 11 is 1.36. The van der Waals surface area contributed by atoms with Gasteiger partial charge < -0.3 is 4.90 Å². The highest BCUT2D eigenvalue weighted by molar-refractivity contribution is 8.00. The highest BCUT2D eigenvalue weighted by Crippen LogP contribution is 2.27.